The standard InChI is InChI=1S/C10H8N2O2/c1-7-4-12-10(14-7)9-5-11-3-2-8(9)6-13/h2-6H,1H3. The third-order valence-electron chi connectivity index (χ3n) is 1.83. The predicted molar refractivity (Wildman–Crippen MR) is 49.9 cm³/mol. The minimum absolute atomic E-state index is 0.428. The van der Waals surface area contributed by atoms with Crippen LogP contribution < -0.4 is 0 Å². The van der Waals surface area contributed by atoms with Gasteiger partial charge >= 0.3 is 0 Å². The molecule has 0 saturated carbocycles. The molecule has 0 amide bonds. The highest BCUT2D eigenvalue weighted by Crippen LogP contribution is 2.20. The number of hydrogen-bond acceptors (Lipinski definition) is 4. The van der Waals surface area contributed by atoms with Gasteiger partial charge in [-0.15, -0.1) is 0 Å². The van der Waals surface area contributed by atoms with Gasteiger partial charge in [0.15, 0.2) is 6.29 Å². The molecule has 0 aliphatic heterocycles. The number of pyridine rings is 1. The lowest BCUT2D eigenvalue weighted by Gasteiger charge is -1.97. The van der Waals surface area contributed by atoms with E-state index in [4.69, 9.17) is 4.42 Å². The van der Waals surface area contributed by atoms with Crippen LogP contribution in [-0.2, 0) is 0 Å². The number of carbonyl (C=O) groups is 1. The van der Waals surface area contributed by atoms with Crippen LogP contribution in [0.1, 0.15) is 16.1 Å². The molecule has 0 atom stereocenters. The molecule has 14 heavy (non-hydrogen) atoms. The maximum absolute atomic E-state index is 10.7. The number of carbonyl (C=O) groups excluding carboxylic acids is 1. The van der Waals surface area contributed by atoms with Crippen LogP contribution in [0.25, 0.3) is 11.5 Å². The molecule has 0 aromatic carbocycles. The summed E-state index contributed by atoms with van der Waals surface area (Å²) >= 11 is 0. The van der Waals surface area contributed by atoms with E-state index >= 15 is 0 Å². The highest BCUT2D eigenvalue weighted by molar-refractivity contribution is 5.84. The van der Waals surface area contributed by atoms with Gasteiger partial charge in [0.05, 0.1) is 11.8 Å². The first-order chi connectivity index (χ1) is 6.81. The van der Waals surface area contributed by atoms with Crippen LogP contribution in [0, 0.1) is 6.92 Å². The summed E-state index contributed by atoms with van der Waals surface area (Å²) in [5, 5.41) is 0. The second-order valence-corrected chi connectivity index (χ2v) is 2.86. The zero-order chi connectivity index (χ0) is 9.97. The molecule has 2 heterocycles. The van der Waals surface area contributed by atoms with Crippen LogP contribution in [0.5, 0.6) is 0 Å². The summed E-state index contributed by atoms with van der Waals surface area (Å²) in [7, 11) is 0. The van der Waals surface area contributed by atoms with Gasteiger partial charge in [0.25, 0.3) is 0 Å². The van der Waals surface area contributed by atoms with Crippen LogP contribution in [0.3, 0.4) is 0 Å². The molecule has 0 spiro atoms. The maximum Gasteiger partial charge on any atom is 0.228 e. The number of aldehydes is 1. The quantitative estimate of drug-likeness (QED) is 0.675. The van der Waals surface area contributed by atoms with Crippen LogP contribution >= 0.6 is 0 Å². The fraction of sp³-hybridized carbons (Fsp3) is 0.100. The van der Waals surface area contributed by atoms with Crippen molar-refractivity contribution >= 4 is 6.29 Å². The molecular formula is C10H8N2O2. The Morgan fingerprint density at radius 3 is 2.93 bits per heavy atom. The van der Waals surface area contributed by atoms with Crippen molar-refractivity contribution in [1.82, 2.24) is 9.97 Å². The molecule has 4 nitrogen and oxygen atoms in total. The summed E-state index contributed by atoms with van der Waals surface area (Å²) in [5.41, 5.74) is 1.15. The molecule has 0 bridgehead atoms. The van der Waals surface area contributed by atoms with E-state index in [9.17, 15) is 4.79 Å². The van der Waals surface area contributed by atoms with Gasteiger partial charge in [-0.1, -0.05) is 0 Å². The molecule has 0 radical (unpaired) electrons. The molecule has 0 N–H and O–H groups in total. The molecule has 2 aromatic rings. The van der Waals surface area contributed by atoms with Gasteiger partial charge in [-0.25, -0.2) is 4.98 Å². The third kappa shape index (κ3) is 1.42. The van der Waals surface area contributed by atoms with Gasteiger partial charge in [-0.3, -0.25) is 9.78 Å². The summed E-state index contributed by atoms with van der Waals surface area (Å²) in [5.74, 6) is 1.14. The first-order valence-electron chi connectivity index (χ1n) is 4.13. The lowest BCUT2D eigenvalue weighted by atomic mass is 10.1. The van der Waals surface area contributed by atoms with Crippen molar-refractivity contribution in [3.63, 3.8) is 0 Å². The summed E-state index contributed by atoms with van der Waals surface area (Å²) in [6.45, 7) is 1.80. The summed E-state index contributed by atoms with van der Waals surface area (Å²) in [6, 6.07) is 1.63. The van der Waals surface area contributed by atoms with E-state index in [0.717, 1.165) is 6.29 Å². The van der Waals surface area contributed by atoms with Crippen molar-refractivity contribution in [2.45, 2.75) is 6.92 Å². The Morgan fingerprint density at radius 1 is 1.43 bits per heavy atom. The highest BCUT2D eigenvalue weighted by atomic mass is 16.4. The minimum Gasteiger partial charge on any atom is -0.441 e. The Kier molecular flexibility index (Phi) is 2.10. The second kappa shape index (κ2) is 3.41. The number of oxazole rings is 1. The zero-order valence-electron chi connectivity index (χ0n) is 7.60. The van der Waals surface area contributed by atoms with Crippen molar-refractivity contribution in [3.05, 3.63) is 36.0 Å². The number of rotatable bonds is 2. The Morgan fingerprint density at radius 2 is 2.29 bits per heavy atom. The molecule has 2 rings (SSSR count). The van der Waals surface area contributed by atoms with Crippen LogP contribution in [0.4, 0.5) is 0 Å². The van der Waals surface area contributed by atoms with Gasteiger partial charge in [-0.05, 0) is 13.0 Å². The average Bonchev–Trinajstić information content (AvgIpc) is 2.65. The molecule has 4 heteroatoms. The highest BCUT2D eigenvalue weighted by Gasteiger charge is 2.09. The first kappa shape index (κ1) is 8.62. The van der Waals surface area contributed by atoms with Gasteiger partial charge < -0.3 is 4.42 Å². The van der Waals surface area contributed by atoms with Crippen molar-refractivity contribution in [2.24, 2.45) is 0 Å². The van der Waals surface area contributed by atoms with Crippen molar-refractivity contribution in [1.29, 1.82) is 0 Å². The summed E-state index contributed by atoms with van der Waals surface area (Å²) < 4.78 is 5.30. The molecule has 2 aromatic heterocycles. The molecule has 0 aliphatic carbocycles. The van der Waals surface area contributed by atoms with Crippen molar-refractivity contribution in [2.75, 3.05) is 0 Å². The largest absolute Gasteiger partial charge is 0.441 e. The van der Waals surface area contributed by atoms with E-state index in [-0.39, 0.29) is 0 Å². The van der Waals surface area contributed by atoms with Gasteiger partial charge in [0, 0.05) is 18.0 Å². The van der Waals surface area contributed by atoms with E-state index in [1.165, 1.54) is 0 Å². The second-order valence-electron chi connectivity index (χ2n) is 2.86. The van der Waals surface area contributed by atoms with Crippen LogP contribution in [0.15, 0.2) is 29.1 Å². The number of hydrogen-bond donors (Lipinski definition) is 0. The van der Waals surface area contributed by atoms with E-state index in [2.05, 4.69) is 9.97 Å². The Bertz CT molecular complexity index is 463. The SMILES string of the molecule is Cc1cnc(-c2cnccc2C=O)o1. The smallest absolute Gasteiger partial charge is 0.228 e. The molecule has 70 valence electrons. The van der Waals surface area contributed by atoms with E-state index in [1.807, 2.05) is 0 Å². The zero-order valence-corrected chi connectivity index (χ0v) is 7.60. The topological polar surface area (TPSA) is 56.0 Å². The summed E-state index contributed by atoms with van der Waals surface area (Å²) in [4.78, 5) is 18.7. The molecule has 0 saturated heterocycles. The Labute approximate surface area is 80.6 Å². The van der Waals surface area contributed by atoms with E-state index in [1.54, 1.807) is 31.6 Å². The van der Waals surface area contributed by atoms with Crippen LogP contribution in [0.2, 0.25) is 0 Å². The minimum atomic E-state index is 0.428. The fourth-order valence-electron chi connectivity index (χ4n) is 1.17. The molecule has 0 aliphatic rings. The molecule has 0 fully saturated rings. The maximum atomic E-state index is 10.7. The number of aromatic nitrogens is 2. The predicted octanol–water partition coefficient (Wildman–Crippen LogP) is 1.86. The van der Waals surface area contributed by atoms with Crippen LogP contribution in [-0.4, -0.2) is 16.3 Å². The van der Waals surface area contributed by atoms with E-state index < -0.39 is 0 Å². The normalized spacial score (nSPS) is 10.1. The third-order valence-corrected chi connectivity index (χ3v) is 1.83. The van der Waals surface area contributed by atoms with Gasteiger partial charge in [0.1, 0.15) is 5.76 Å². The lowest BCUT2D eigenvalue weighted by molar-refractivity contribution is 0.112. The molecule has 0 unspecified atom stereocenters. The monoisotopic (exact) mass is 188 g/mol. The number of aryl methyl sites for hydroxylation is 1. The lowest BCUT2D eigenvalue weighted by Crippen LogP contribution is -1.88. The van der Waals surface area contributed by atoms with Gasteiger partial charge in [-0.2, -0.15) is 0 Å². The Balaban J connectivity index is 2.55. The first-order valence-corrected chi connectivity index (χ1v) is 4.13. The fourth-order valence-corrected chi connectivity index (χ4v) is 1.17. The average molecular weight is 188 g/mol. The Hall–Kier alpha value is -1.97. The van der Waals surface area contributed by atoms with Crippen molar-refractivity contribution in [3.8, 4) is 11.5 Å². The molecular weight excluding hydrogens is 180 g/mol. The van der Waals surface area contributed by atoms with Crippen molar-refractivity contribution < 1.29 is 9.21 Å². The number of nitrogens with zero attached hydrogens (tertiary/aromatic N) is 2. The van der Waals surface area contributed by atoms with E-state index in [0.29, 0.717) is 22.8 Å². The van der Waals surface area contributed by atoms with Gasteiger partial charge in [0.2, 0.25) is 5.89 Å². The summed E-state index contributed by atoms with van der Waals surface area (Å²) in [6.07, 6.45) is 5.49.